The van der Waals surface area contributed by atoms with E-state index in [9.17, 15) is 34.1 Å². The van der Waals surface area contributed by atoms with E-state index < -0.39 is 57.6 Å². The molecular formula is C46H86NO10P. The van der Waals surface area contributed by atoms with Crippen molar-refractivity contribution < 1.29 is 47.8 Å². The zero-order chi connectivity index (χ0) is 42.8. The zero-order valence-electron chi connectivity index (χ0n) is 36.9. The lowest BCUT2D eigenvalue weighted by Gasteiger charge is -2.18. The average Bonchev–Trinajstić information content (AvgIpc) is 3.20. The van der Waals surface area contributed by atoms with Crippen molar-refractivity contribution in [3.05, 3.63) is 24.3 Å². The Morgan fingerprint density at radius 3 is 1.41 bits per heavy atom. The quantitative estimate of drug-likeness (QED) is 0.0200. The van der Waals surface area contributed by atoms with Crippen LogP contribution in [-0.2, 0) is 32.7 Å². The molecule has 0 aromatic heterocycles. The number of carboxylic acids is 1. The molecule has 0 heterocycles. The molecule has 340 valence electrons. The minimum atomic E-state index is -4.76. The van der Waals surface area contributed by atoms with Crippen LogP contribution < -0.4 is 5.32 Å². The molecule has 0 aromatic carbocycles. The van der Waals surface area contributed by atoms with Crippen molar-refractivity contribution in [1.29, 1.82) is 0 Å². The largest absolute Gasteiger partial charge is 0.480 e. The van der Waals surface area contributed by atoms with Crippen molar-refractivity contribution in [1.82, 2.24) is 5.32 Å². The first-order chi connectivity index (χ1) is 28.1. The standard InChI is InChI=1S/C46H86NO10P/c1-3-5-7-9-11-13-15-17-19-21-22-24-26-28-30-32-34-36-38-45(50)55-39-42(48)40-56-58(53,54)57-41-43(46(51)52)47-44(49)37-35-33-31-29-27-25-23-20-18-16-14-12-10-8-6-4-2/h13,15,19,21,42-43,48H,3-12,14,16-18,20,22-41H2,1-2H3,(H,47,49)(H,51,52)(H,53,54)/b15-13-,21-19-. The monoisotopic (exact) mass is 844 g/mol. The number of phosphoric acid groups is 1. The second kappa shape index (κ2) is 41.7. The molecule has 12 heteroatoms. The Bertz CT molecular complexity index is 1080. The molecule has 0 aliphatic rings. The lowest BCUT2D eigenvalue weighted by molar-refractivity contribution is -0.147. The number of amides is 1. The van der Waals surface area contributed by atoms with Gasteiger partial charge in [0, 0.05) is 12.8 Å². The number of hydrogen-bond donors (Lipinski definition) is 4. The molecule has 0 spiro atoms. The number of aliphatic hydroxyl groups excluding tert-OH is 1. The molecule has 3 unspecified atom stereocenters. The van der Waals surface area contributed by atoms with Crippen LogP contribution in [0.1, 0.15) is 219 Å². The number of allylic oxidation sites excluding steroid dienone is 4. The predicted molar refractivity (Wildman–Crippen MR) is 236 cm³/mol. The lowest BCUT2D eigenvalue weighted by atomic mass is 10.0. The van der Waals surface area contributed by atoms with E-state index in [-0.39, 0.29) is 12.8 Å². The van der Waals surface area contributed by atoms with Crippen LogP contribution in [0.2, 0.25) is 0 Å². The van der Waals surface area contributed by atoms with E-state index in [1.807, 2.05) is 0 Å². The molecule has 0 aromatic rings. The summed E-state index contributed by atoms with van der Waals surface area (Å²) in [6.45, 7) is 2.59. The SMILES string of the molecule is CCCCCC/C=C\C/C=C\CCCCCCCCCC(=O)OCC(O)COP(=O)(O)OCC(NC(=O)CCCCCCCCCCCCCCCCCC)C(=O)O. The van der Waals surface area contributed by atoms with Gasteiger partial charge in [0.1, 0.15) is 12.7 Å². The smallest absolute Gasteiger partial charge is 0.472 e. The van der Waals surface area contributed by atoms with Crippen molar-refractivity contribution in [2.24, 2.45) is 0 Å². The summed E-state index contributed by atoms with van der Waals surface area (Å²) in [7, 11) is -4.76. The van der Waals surface area contributed by atoms with E-state index in [0.717, 1.165) is 51.4 Å². The second-order valence-corrected chi connectivity index (χ2v) is 17.4. The Morgan fingerprint density at radius 2 is 0.948 bits per heavy atom. The second-order valence-electron chi connectivity index (χ2n) is 15.9. The average molecular weight is 844 g/mol. The highest BCUT2D eigenvalue weighted by Gasteiger charge is 2.28. The lowest BCUT2D eigenvalue weighted by Crippen LogP contribution is -2.43. The highest BCUT2D eigenvalue weighted by Crippen LogP contribution is 2.43. The Morgan fingerprint density at radius 1 is 0.552 bits per heavy atom. The number of carboxylic acid groups (broad SMARTS) is 1. The molecule has 0 aliphatic carbocycles. The van der Waals surface area contributed by atoms with Gasteiger partial charge in [-0.2, -0.15) is 0 Å². The van der Waals surface area contributed by atoms with Crippen LogP contribution in [-0.4, -0.2) is 64.9 Å². The van der Waals surface area contributed by atoms with E-state index in [2.05, 4.69) is 43.5 Å². The van der Waals surface area contributed by atoms with E-state index in [1.54, 1.807) is 0 Å². The predicted octanol–water partition coefficient (Wildman–Crippen LogP) is 12.2. The van der Waals surface area contributed by atoms with Crippen molar-refractivity contribution >= 4 is 25.7 Å². The van der Waals surface area contributed by atoms with Gasteiger partial charge in [-0.1, -0.05) is 186 Å². The van der Waals surface area contributed by atoms with Gasteiger partial charge in [-0.05, 0) is 44.9 Å². The number of nitrogens with one attached hydrogen (secondary N) is 1. The molecule has 0 radical (unpaired) electrons. The van der Waals surface area contributed by atoms with Gasteiger partial charge in [0.2, 0.25) is 5.91 Å². The molecule has 4 N–H and O–H groups in total. The normalized spacial score (nSPS) is 13.9. The van der Waals surface area contributed by atoms with Crippen molar-refractivity contribution in [3.63, 3.8) is 0 Å². The molecular weight excluding hydrogens is 757 g/mol. The Balaban J connectivity index is 3.87. The minimum Gasteiger partial charge on any atom is -0.480 e. The van der Waals surface area contributed by atoms with Gasteiger partial charge >= 0.3 is 19.8 Å². The van der Waals surface area contributed by atoms with Gasteiger partial charge < -0.3 is 25.2 Å². The third kappa shape index (κ3) is 40.7. The van der Waals surface area contributed by atoms with Crippen molar-refractivity contribution in [2.45, 2.75) is 231 Å². The molecule has 1 amide bonds. The molecule has 0 aliphatic heterocycles. The molecule has 58 heavy (non-hydrogen) atoms. The summed E-state index contributed by atoms with van der Waals surface area (Å²) in [5.41, 5.74) is 0. The summed E-state index contributed by atoms with van der Waals surface area (Å²) in [5.74, 6) is -2.37. The maximum Gasteiger partial charge on any atom is 0.472 e. The van der Waals surface area contributed by atoms with Crippen LogP contribution in [0, 0.1) is 0 Å². The van der Waals surface area contributed by atoms with Gasteiger partial charge in [0.25, 0.3) is 0 Å². The van der Waals surface area contributed by atoms with E-state index in [0.29, 0.717) is 12.8 Å². The summed E-state index contributed by atoms with van der Waals surface area (Å²) in [4.78, 5) is 46.0. The van der Waals surface area contributed by atoms with E-state index in [4.69, 9.17) is 13.8 Å². The van der Waals surface area contributed by atoms with Crippen LogP contribution in [0.15, 0.2) is 24.3 Å². The number of esters is 1. The molecule has 3 atom stereocenters. The van der Waals surface area contributed by atoms with Crippen LogP contribution >= 0.6 is 7.82 Å². The van der Waals surface area contributed by atoms with Gasteiger partial charge in [-0.15, -0.1) is 0 Å². The molecule has 11 nitrogen and oxygen atoms in total. The molecule has 0 bridgehead atoms. The van der Waals surface area contributed by atoms with E-state index >= 15 is 0 Å². The number of aliphatic hydroxyl groups is 1. The minimum absolute atomic E-state index is 0.149. The maximum absolute atomic E-state index is 12.3. The number of hydrogen-bond acceptors (Lipinski definition) is 8. The number of phosphoric ester groups is 1. The summed E-state index contributed by atoms with van der Waals surface area (Å²) >= 11 is 0. The Labute approximate surface area is 353 Å². The fourth-order valence-electron chi connectivity index (χ4n) is 6.58. The fraction of sp³-hybridized carbons (Fsp3) is 0.848. The zero-order valence-corrected chi connectivity index (χ0v) is 37.8. The van der Waals surface area contributed by atoms with Crippen LogP contribution in [0.3, 0.4) is 0 Å². The highest BCUT2D eigenvalue weighted by molar-refractivity contribution is 7.47. The molecule has 0 rings (SSSR count). The maximum atomic E-state index is 12.3. The summed E-state index contributed by atoms with van der Waals surface area (Å²) in [6.07, 6.45) is 43.3. The van der Waals surface area contributed by atoms with Gasteiger partial charge in [0.15, 0.2) is 6.04 Å². The summed E-state index contributed by atoms with van der Waals surface area (Å²) in [6, 6.07) is -1.54. The van der Waals surface area contributed by atoms with Crippen LogP contribution in [0.25, 0.3) is 0 Å². The Kier molecular flexibility index (Phi) is 40.2. The van der Waals surface area contributed by atoms with E-state index in [1.165, 1.54) is 128 Å². The van der Waals surface area contributed by atoms with Gasteiger partial charge in [0.05, 0.1) is 13.2 Å². The van der Waals surface area contributed by atoms with Crippen LogP contribution in [0.4, 0.5) is 0 Å². The summed E-state index contributed by atoms with van der Waals surface area (Å²) < 4.78 is 26.9. The first kappa shape index (κ1) is 56.0. The summed E-state index contributed by atoms with van der Waals surface area (Å²) in [5, 5.41) is 21.9. The van der Waals surface area contributed by atoms with Crippen LogP contribution in [0.5, 0.6) is 0 Å². The highest BCUT2D eigenvalue weighted by atomic mass is 31.2. The number of carbonyl (C=O) groups excluding carboxylic acids is 2. The van der Waals surface area contributed by atoms with Gasteiger partial charge in [-0.3, -0.25) is 18.6 Å². The number of ether oxygens (including phenoxy) is 1. The third-order valence-corrected chi connectivity index (χ3v) is 11.2. The third-order valence-electron chi connectivity index (χ3n) is 10.2. The van der Waals surface area contributed by atoms with Crippen molar-refractivity contribution in [2.75, 3.05) is 19.8 Å². The first-order valence-electron chi connectivity index (χ1n) is 23.4. The Hall–Kier alpha value is -2.04. The number of unbranched alkanes of at least 4 members (excludes halogenated alkanes) is 26. The molecule has 0 saturated heterocycles. The van der Waals surface area contributed by atoms with Gasteiger partial charge in [-0.25, -0.2) is 9.36 Å². The number of carbonyl (C=O) groups is 3. The first-order valence-corrected chi connectivity index (χ1v) is 24.9. The topological polar surface area (TPSA) is 169 Å². The number of aliphatic carboxylic acids is 1. The number of rotatable bonds is 44. The van der Waals surface area contributed by atoms with Crippen molar-refractivity contribution in [3.8, 4) is 0 Å². The molecule has 0 fully saturated rings. The molecule has 0 saturated carbocycles. The fourth-order valence-corrected chi connectivity index (χ4v) is 7.35.